The molecule has 1 aliphatic carbocycles. The van der Waals surface area contributed by atoms with E-state index in [9.17, 15) is 0 Å². The summed E-state index contributed by atoms with van der Waals surface area (Å²) in [5, 5.41) is 0.464. The van der Waals surface area contributed by atoms with E-state index >= 15 is 0 Å². The van der Waals surface area contributed by atoms with Gasteiger partial charge in [-0.25, -0.2) is 0 Å². The van der Waals surface area contributed by atoms with E-state index < -0.39 is 16.6 Å². The fourth-order valence-electron chi connectivity index (χ4n) is 2.71. The molecule has 2 aliphatic rings. The van der Waals surface area contributed by atoms with Crippen LogP contribution in [0.15, 0.2) is 0 Å². The molecule has 5 heteroatoms. The second-order valence-electron chi connectivity index (χ2n) is 10.5. The number of epoxide rings is 1. The topological polar surface area (TPSA) is 31.0 Å². The molecule has 3 nitrogen and oxygen atoms in total. The van der Waals surface area contributed by atoms with Gasteiger partial charge in [-0.1, -0.05) is 41.5 Å². The molecule has 136 valence electrons. The smallest absolute Gasteiger partial charge is 0.192 e. The van der Waals surface area contributed by atoms with Gasteiger partial charge in [0.15, 0.2) is 16.6 Å². The minimum Gasteiger partial charge on any atom is -0.411 e. The monoisotopic (exact) mass is 358 g/mol. The lowest BCUT2D eigenvalue weighted by Crippen LogP contribution is -2.53. The molecule has 0 N–H and O–H groups in total. The molecule has 1 heterocycles. The molecule has 0 aromatic rings. The van der Waals surface area contributed by atoms with Crippen molar-refractivity contribution in [1.82, 2.24) is 0 Å². The van der Waals surface area contributed by atoms with Gasteiger partial charge < -0.3 is 13.6 Å². The summed E-state index contributed by atoms with van der Waals surface area (Å²) >= 11 is 0. The Morgan fingerprint density at radius 3 is 1.26 bits per heavy atom. The van der Waals surface area contributed by atoms with Crippen molar-refractivity contribution >= 4 is 16.6 Å². The van der Waals surface area contributed by atoms with Crippen LogP contribution in [-0.4, -0.2) is 41.1 Å². The highest BCUT2D eigenvalue weighted by Crippen LogP contribution is 2.46. The summed E-state index contributed by atoms with van der Waals surface area (Å²) in [6.45, 7) is 23.2. The maximum absolute atomic E-state index is 6.77. The Morgan fingerprint density at radius 2 is 1.00 bits per heavy atom. The van der Waals surface area contributed by atoms with Crippen LogP contribution in [0.1, 0.15) is 54.4 Å². The molecule has 0 unspecified atom stereocenters. The van der Waals surface area contributed by atoms with Crippen LogP contribution in [0.25, 0.3) is 0 Å². The lowest BCUT2D eigenvalue weighted by molar-refractivity contribution is 0.0153. The number of rotatable bonds is 4. The Labute approximate surface area is 145 Å². The molecule has 0 radical (unpaired) electrons. The molecule has 2 fully saturated rings. The molecule has 1 aliphatic heterocycles. The number of fused-ring (bicyclic) bond motifs is 1. The first kappa shape index (κ1) is 19.6. The molecule has 23 heavy (non-hydrogen) atoms. The molecule has 0 bridgehead atoms. The summed E-state index contributed by atoms with van der Waals surface area (Å²) in [5.41, 5.74) is 0. The van der Waals surface area contributed by atoms with E-state index in [2.05, 4.69) is 67.7 Å². The summed E-state index contributed by atoms with van der Waals surface area (Å²) < 4.78 is 19.3. The predicted molar refractivity (Wildman–Crippen MR) is 102 cm³/mol. The van der Waals surface area contributed by atoms with Gasteiger partial charge in [0, 0.05) is 12.8 Å². The van der Waals surface area contributed by atoms with Crippen molar-refractivity contribution in [1.29, 1.82) is 0 Å². The molecule has 1 saturated carbocycles. The van der Waals surface area contributed by atoms with E-state index in [1.54, 1.807) is 0 Å². The maximum Gasteiger partial charge on any atom is 0.192 e. The van der Waals surface area contributed by atoms with E-state index in [0.29, 0.717) is 12.2 Å². The van der Waals surface area contributed by atoms with Crippen molar-refractivity contribution < 1.29 is 13.6 Å². The van der Waals surface area contributed by atoms with Crippen molar-refractivity contribution in [3.05, 3.63) is 0 Å². The largest absolute Gasteiger partial charge is 0.411 e. The highest BCUT2D eigenvalue weighted by atomic mass is 28.4. The van der Waals surface area contributed by atoms with Gasteiger partial charge in [0.25, 0.3) is 0 Å². The Kier molecular flexibility index (Phi) is 5.07. The van der Waals surface area contributed by atoms with Crippen LogP contribution in [0.5, 0.6) is 0 Å². The summed E-state index contributed by atoms with van der Waals surface area (Å²) in [6, 6.07) is 0. The van der Waals surface area contributed by atoms with Gasteiger partial charge in [0.1, 0.15) is 0 Å². The second kappa shape index (κ2) is 5.94. The first-order valence-corrected chi connectivity index (χ1v) is 15.0. The quantitative estimate of drug-likeness (QED) is 0.503. The minimum atomic E-state index is -1.79. The third-order valence-electron chi connectivity index (χ3n) is 6.54. The standard InChI is InChI=1S/C18H38O3Si2/c1-17(2,3)22(7,8)20-15-11-13-14(19-13)12-16(15)21-23(9,10)18(4,5)6/h13-16H,11-12H2,1-10H3/t13-,14+,15+,16-. The van der Waals surface area contributed by atoms with Crippen LogP contribution in [0.4, 0.5) is 0 Å². The van der Waals surface area contributed by atoms with Crippen LogP contribution < -0.4 is 0 Å². The summed E-state index contributed by atoms with van der Waals surface area (Å²) in [7, 11) is -3.57. The average Bonchev–Trinajstić information content (AvgIpc) is 3.03. The zero-order chi connectivity index (χ0) is 17.8. The van der Waals surface area contributed by atoms with Gasteiger partial charge >= 0.3 is 0 Å². The van der Waals surface area contributed by atoms with E-state index in [1.165, 1.54) is 0 Å². The molecule has 4 atom stereocenters. The third-order valence-corrected chi connectivity index (χ3v) is 15.5. The highest BCUT2D eigenvalue weighted by molar-refractivity contribution is 6.74. The molecule has 0 amide bonds. The van der Waals surface area contributed by atoms with Gasteiger partial charge in [0.2, 0.25) is 0 Å². The van der Waals surface area contributed by atoms with E-state index in [0.717, 1.165) is 12.8 Å². The van der Waals surface area contributed by atoms with E-state index in [4.69, 9.17) is 13.6 Å². The van der Waals surface area contributed by atoms with Crippen molar-refractivity contribution in [3.8, 4) is 0 Å². The fraction of sp³-hybridized carbons (Fsp3) is 1.00. The normalized spacial score (nSPS) is 32.6. The fourth-order valence-corrected chi connectivity index (χ4v) is 5.43. The van der Waals surface area contributed by atoms with Gasteiger partial charge in [-0.2, -0.15) is 0 Å². The molecule has 0 aromatic heterocycles. The summed E-state index contributed by atoms with van der Waals surface area (Å²) in [6.07, 6.45) is 3.27. The maximum atomic E-state index is 6.77. The first-order chi connectivity index (χ1) is 10.1. The lowest BCUT2D eigenvalue weighted by atomic mass is 9.95. The first-order valence-electron chi connectivity index (χ1n) is 9.15. The van der Waals surface area contributed by atoms with Crippen LogP contribution in [0.3, 0.4) is 0 Å². The highest BCUT2D eigenvalue weighted by Gasteiger charge is 2.53. The zero-order valence-corrected chi connectivity index (χ0v) is 18.9. The van der Waals surface area contributed by atoms with E-state index in [-0.39, 0.29) is 22.3 Å². The Balaban J connectivity index is 2.13. The van der Waals surface area contributed by atoms with Gasteiger partial charge in [-0.15, -0.1) is 0 Å². The Hall–Kier alpha value is 0.314. The lowest BCUT2D eigenvalue weighted by Gasteiger charge is -2.46. The molecule has 2 rings (SSSR count). The summed E-state index contributed by atoms with van der Waals surface area (Å²) in [5.74, 6) is 0. The molecular formula is C18H38O3Si2. The number of hydrogen-bond acceptors (Lipinski definition) is 3. The number of ether oxygens (including phenoxy) is 1. The second-order valence-corrected chi connectivity index (χ2v) is 20.0. The van der Waals surface area contributed by atoms with E-state index in [1.807, 2.05) is 0 Å². The predicted octanol–water partition coefficient (Wildman–Crippen LogP) is 5.33. The minimum absolute atomic E-state index is 0.203. The van der Waals surface area contributed by atoms with Gasteiger partial charge in [-0.05, 0) is 36.3 Å². The van der Waals surface area contributed by atoms with Gasteiger partial charge in [0.05, 0.1) is 24.4 Å². The molecule has 0 aromatic carbocycles. The summed E-state index contributed by atoms with van der Waals surface area (Å²) in [4.78, 5) is 0. The van der Waals surface area contributed by atoms with Crippen molar-refractivity contribution in [2.45, 2.75) is 115 Å². The van der Waals surface area contributed by atoms with Crippen molar-refractivity contribution in [2.24, 2.45) is 0 Å². The SMILES string of the molecule is CC(C)(C)[Si](C)(C)O[C@H]1C[C@H]2O[C@H]2C[C@H]1O[Si](C)(C)C(C)(C)C. The molecule has 0 spiro atoms. The molecular weight excluding hydrogens is 320 g/mol. The van der Waals surface area contributed by atoms with Crippen LogP contribution in [-0.2, 0) is 13.6 Å². The third kappa shape index (κ3) is 4.29. The Morgan fingerprint density at radius 1 is 0.696 bits per heavy atom. The van der Waals surface area contributed by atoms with Crippen LogP contribution in [0.2, 0.25) is 36.3 Å². The van der Waals surface area contributed by atoms with Crippen molar-refractivity contribution in [2.75, 3.05) is 0 Å². The van der Waals surface area contributed by atoms with Crippen molar-refractivity contribution in [3.63, 3.8) is 0 Å². The molecule has 1 saturated heterocycles. The van der Waals surface area contributed by atoms with Gasteiger partial charge in [-0.3, -0.25) is 0 Å². The van der Waals surface area contributed by atoms with Crippen LogP contribution in [0, 0.1) is 0 Å². The zero-order valence-electron chi connectivity index (χ0n) is 16.9. The van der Waals surface area contributed by atoms with Crippen LogP contribution >= 0.6 is 0 Å². The number of hydrogen-bond donors (Lipinski definition) is 0. The Bertz CT molecular complexity index is 395. The average molecular weight is 359 g/mol.